The largest absolute Gasteiger partial charge is 0.492 e. The average Bonchev–Trinajstić information content (AvgIpc) is 3.10. The highest BCUT2D eigenvalue weighted by Gasteiger charge is 2.20. The molecule has 1 saturated heterocycles. The minimum absolute atomic E-state index is 0.498. The van der Waals surface area contributed by atoms with Crippen molar-refractivity contribution in [3.05, 3.63) is 42.0 Å². The molecular formula is C21H33N7O2. The first-order chi connectivity index (χ1) is 14.7. The number of hydrogen-bond donors (Lipinski definition) is 1. The molecule has 1 N–H and O–H groups in total. The molecule has 3 rings (SSSR count). The topological polar surface area (TPSA) is 80.0 Å². The molecule has 9 heteroatoms. The Kier molecular flexibility index (Phi) is 8.46. The van der Waals surface area contributed by atoms with Gasteiger partial charge in [0.15, 0.2) is 11.8 Å². The molecule has 164 valence electrons. The zero-order valence-electron chi connectivity index (χ0n) is 18.3. The molecule has 0 unspecified atom stereocenters. The minimum atomic E-state index is 0.498. The third-order valence-corrected chi connectivity index (χ3v) is 5.23. The summed E-state index contributed by atoms with van der Waals surface area (Å²) in [6.45, 7) is 9.21. The summed E-state index contributed by atoms with van der Waals surface area (Å²) in [5.74, 6) is 3.57. The number of benzene rings is 1. The lowest BCUT2D eigenvalue weighted by Crippen LogP contribution is -2.53. The first-order valence-electron chi connectivity index (χ1n) is 10.4. The normalized spacial score (nSPS) is 15.4. The molecule has 1 aliphatic rings. The van der Waals surface area contributed by atoms with Crippen LogP contribution in [-0.2, 0) is 18.3 Å². The van der Waals surface area contributed by atoms with E-state index in [1.54, 1.807) is 7.11 Å². The van der Waals surface area contributed by atoms with Gasteiger partial charge in [0.2, 0.25) is 0 Å². The quantitative estimate of drug-likeness (QED) is 0.370. The lowest BCUT2D eigenvalue weighted by atomic mass is 10.3. The summed E-state index contributed by atoms with van der Waals surface area (Å²) in [6.07, 6.45) is 0. The van der Waals surface area contributed by atoms with Crippen LogP contribution in [0.3, 0.4) is 0 Å². The number of nitrogens with zero attached hydrogens (tertiary/aromatic N) is 6. The first-order valence-corrected chi connectivity index (χ1v) is 10.4. The van der Waals surface area contributed by atoms with Gasteiger partial charge in [0.25, 0.3) is 0 Å². The third-order valence-electron chi connectivity index (χ3n) is 5.23. The van der Waals surface area contributed by atoms with Crippen molar-refractivity contribution in [1.82, 2.24) is 29.9 Å². The summed E-state index contributed by atoms with van der Waals surface area (Å²) in [4.78, 5) is 9.53. The van der Waals surface area contributed by atoms with Gasteiger partial charge >= 0.3 is 0 Å². The van der Waals surface area contributed by atoms with Gasteiger partial charge in [-0.25, -0.2) is 4.99 Å². The maximum absolute atomic E-state index is 5.83. The molecule has 1 aromatic heterocycles. The molecular weight excluding hydrogens is 382 g/mol. The van der Waals surface area contributed by atoms with Crippen LogP contribution >= 0.6 is 0 Å². The molecule has 2 heterocycles. The van der Waals surface area contributed by atoms with Crippen molar-refractivity contribution < 1.29 is 9.47 Å². The summed E-state index contributed by atoms with van der Waals surface area (Å²) in [7, 11) is 3.67. The number of aromatic nitrogens is 3. The Morgan fingerprint density at radius 3 is 2.53 bits per heavy atom. The average molecular weight is 416 g/mol. The fraction of sp³-hybridized carbons (Fsp3) is 0.571. The fourth-order valence-corrected chi connectivity index (χ4v) is 3.26. The van der Waals surface area contributed by atoms with E-state index in [2.05, 4.69) is 25.3 Å². The van der Waals surface area contributed by atoms with E-state index in [0.29, 0.717) is 19.8 Å². The van der Waals surface area contributed by atoms with Crippen molar-refractivity contribution in [3.63, 3.8) is 0 Å². The van der Waals surface area contributed by atoms with E-state index < -0.39 is 0 Å². The lowest BCUT2D eigenvalue weighted by Gasteiger charge is -2.36. The second-order valence-corrected chi connectivity index (χ2v) is 7.27. The Hall–Kier alpha value is -2.65. The van der Waals surface area contributed by atoms with Gasteiger partial charge in [-0.15, -0.1) is 10.2 Å². The summed E-state index contributed by atoms with van der Waals surface area (Å²) in [5, 5.41) is 11.7. The molecule has 30 heavy (non-hydrogen) atoms. The van der Waals surface area contributed by atoms with Crippen molar-refractivity contribution in [2.75, 3.05) is 59.6 Å². The Bertz CT molecular complexity index is 786. The molecule has 0 aliphatic carbocycles. The minimum Gasteiger partial charge on any atom is -0.492 e. The van der Waals surface area contributed by atoms with Crippen LogP contribution in [0.15, 0.2) is 35.3 Å². The Morgan fingerprint density at radius 2 is 1.87 bits per heavy atom. The molecule has 1 fully saturated rings. The van der Waals surface area contributed by atoms with Crippen LogP contribution in [0.4, 0.5) is 0 Å². The number of aliphatic imine (C=N–C) groups is 1. The highest BCUT2D eigenvalue weighted by molar-refractivity contribution is 5.80. The van der Waals surface area contributed by atoms with E-state index in [9.17, 15) is 0 Å². The molecule has 0 amide bonds. The SMILES string of the molecule is COCCNC(=NCc1nnc(C)n1C)N1CCN(CCOc2ccccc2)CC1. The van der Waals surface area contributed by atoms with Crippen molar-refractivity contribution in [2.24, 2.45) is 12.0 Å². The van der Waals surface area contributed by atoms with Gasteiger partial charge in [0, 0.05) is 53.4 Å². The number of para-hydroxylation sites is 1. The molecule has 0 saturated carbocycles. The van der Waals surface area contributed by atoms with Gasteiger partial charge in [-0.3, -0.25) is 4.90 Å². The van der Waals surface area contributed by atoms with Crippen LogP contribution in [0.1, 0.15) is 11.6 Å². The number of hydrogen-bond acceptors (Lipinski definition) is 6. The van der Waals surface area contributed by atoms with Crippen molar-refractivity contribution in [3.8, 4) is 5.75 Å². The molecule has 0 spiro atoms. The molecule has 0 atom stereocenters. The number of nitrogens with one attached hydrogen (secondary N) is 1. The summed E-state index contributed by atoms with van der Waals surface area (Å²) >= 11 is 0. The standard InChI is InChI=1S/C21H33N7O2/c1-18-24-25-20(26(18)2)17-23-21(22-9-15-29-3)28-12-10-27(11-13-28)14-16-30-19-7-5-4-6-8-19/h4-8H,9-17H2,1-3H3,(H,22,23). The number of rotatable bonds is 9. The van der Waals surface area contributed by atoms with Gasteiger partial charge in [0.1, 0.15) is 24.7 Å². The molecule has 0 bridgehead atoms. The highest BCUT2D eigenvalue weighted by atomic mass is 16.5. The Balaban J connectivity index is 1.49. The molecule has 1 aliphatic heterocycles. The van der Waals surface area contributed by atoms with Crippen LogP contribution in [0, 0.1) is 6.92 Å². The van der Waals surface area contributed by atoms with Crippen LogP contribution in [-0.4, -0.2) is 90.1 Å². The first kappa shape index (κ1) is 22.0. The van der Waals surface area contributed by atoms with Crippen LogP contribution < -0.4 is 10.1 Å². The van der Waals surface area contributed by atoms with Gasteiger partial charge < -0.3 is 24.3 Å². The smallest absolute Gasteiger partial charge is 0.194 e. The zero-order chi connectivity index (χ0) is 21.2. The highest BCUT2D eigenvalue weighted by Crippen LogP contribution is 2.09. The fourth-order valence-electron chi connectivity index (χ4n) is 3.26. The number of piperazine rings is 1. The number of ether oxygens (including phenoxy) is 2. The van der Waals surface area contributed by atoms with Crippen molar-refractivity contribution >= 4 is 5.96 Å². The second-order valence-electron chi connectivity index (χ2n) is 7.27. The van der Waals surface area contributed by atoms with Crippen molar-refractivity contribution in [1.29, 1.82) is 0 Å². The van der Waals surface area contributed by atoms with Gasteiger partial charge in [-0.1, -0.05) is 18.2 Å². The monoisotopic (exact) mass is 415 g/mol. The molecule has 2 aromatic rings. The maximum atomic E-state index is 5.83. The molecule has 9 nitrogen and oxygen atoms in total. The summed E-state index contributed by atoms with van der Waals surface area (Å²) < 4.78 is 13.0. The van der Waals surface area contributed by atoms with Gasteiger partial charge in [-0.2, -0.15) is 0 Å². The summed E-state index contributed by atoms with van der Waals surface area (Å²) in [5.41, 5.74) is 0. The number of methoxy groups -OCH3 is 1. The molecule has 1 aromatic carbocycles. The van der Waals surface area contributed by atoms with E-state index in [1.165, 1.54) is 0 Å². The second kappa shape index (κ2) is 11.5. The Labute approximate surface area is 178 Å². The maximum Gasteiger partial charge on any atom is 0.194 e. The van der Waals surface area contributed by atoms with Crippen LogP contribution in [0.5, 0.6) is 5.75 Å². The van der Waals surface area contributed by atoms with E-state index in [-0.39, 0.29) is 0 Å². The number of guanidine groups is 1. The number of aryl methyl sites for hydroxylation is 1. The van der Waals surface area contributed by atoms with Crippen molar-refractivity contribution in [2.45, 2.75) is 13.5 Å². The van der Waals surface area contributed by atoms with Gasteiger partial charge in [-0.05, 0) is 19.1 Å². The van der Waals surface area contributed by atoms with Gasteiger partial charge in [0.05, 0.1) is 6.61 Å². The van der Waals surface area contributed by atoms with Crippen LogP contribution in [0.25, 0.3) is 0 Å². The van der Waals surface area contributed by atoms with E-state index in [1.807, 2.05) is 48.9 Å². The van der Waals surface area contributed by atoms with Crippen LogP contribution in [0.2, 0.25) is 0 Å². The zero-order valence-corrected chi connectivity index (χ0v) is 18.3. The predicted molar refractivity (Wildman–Crippen MR) is 117 cm³/mol. The Morgan fingerprint density at radius 1 is 1.10 bits per heavy atom. The lowest BCUT2D eigenvalue weighted by molar-refractivity contribution is 0.151. The summed E-state index contributed by atoms with van der Waals surface area (Å²) in [6, 6.07) is 9.97. The van der Waals surface area contributed by atoms with E-state index in [4.69, 9.17) is 14.5 Å². The third kappa shape index (κ3) is 6.43. The van der Waals surface area contributed by atoms with E-state index in [0.717, 1.165) is 62.6 Å². The predicted octanol–water partition coefficient (Wildman–Crippen LogP) is 0.912. The molecule has 0 radical (unpaired) electrons. The van der Waals surface area contributed by atoms with E-state index >= 15 is 0 Å².